The van der Waals surface area contributed by atoms with Crippen molar-refractivity contribution in [3.8, 4) is 5.88 Å². The third kappa shape index (κ3) is 1.91. The van der Waals surface area contributed by atoms with Crippen LogP contribution in [-0.2, 0) is 11.8 Å². The van der Waals surface area contributed by atoms with Gasteiger partial charge in [-0.3, -0.25) is 0 Å². The first kappa shape index (κ1) is 13.5. The van der Waals surface area contributed by atoms with Crippen LogP contribution in [0.2, 0.25) is 0 Å². The van der Waals surface area contributed by atoms with Crippen LogP contribution in [0, 0.1) is 11.7 Å². The first-order valence-corrected chi connectivity index (χ1v) is 9.72. The molecule has 1 aromatic carbocycles. The summed E-state index contributed by atoms with van der Waals surface area (Å²) >= 11 is 0.931. The fourth-order valence-corrected chi connectivity index (χ4v) is 4.33. The Morgan fingerprint density at radius 1 is 1.38 bits per heavy atom. The van der Waals surface area contributed by atoms with Crippen LogP contribution < -0.4 is 10.5 Å². The SMILES string of the molecule is Nc1ccc2c(c1)CC1CC21c1cc(F)cnc1O[CH2][Pb]. The van der Waals surface area contributed by atoms with Crippen LogP contribution in [0.25, 0.3) is 0 Å². The summed E-state index contributed by atoms with van der Waals surface area (Å²) in [6.45, 7) is 0. The Bertz CT molecular complexity index is 736. The summed E-state index contributed by atoms with van der Waals surface area (Å²) in [6, 6.07) is 7.67. The van der Waals surface area contributed by atoms with Gasteiger partial charge in [0.2, 0.25) is 0 Å². The van der Waals surface area contributed by atoms with Gasteiger partial charge in [-0.2, -0.15) is 0 Å². The van der Waals surface area contributed by atoms with E-state index in [1.165, 1.54) is 17.3 Å². The molecule has 21 heavy (non-hydrogen) atoms. The number of anilines is 1. The molecule has 1 fully saturated rings. The van der Waals surface area contributed by atoms with E-state index in [1.54, 1.807) is 6.07 Å². The first-order chi connectivity index (χ1) is 10.1. The van der Waals surface area contributed by atoms with Gasteiger partial charge in [0, 0.05) is 0 Å². The van der Waals surface area contributed by atoms with Gasteiger partial charge in [0.05, 0.1) is 0 Å². The number of ether oxygens (including phenoxy) is 1. The predicted octanol–water partition coefficient (Wildman–Crippen LogP) is 2.17. The molecule has 5 heteroatoms. The molecule has 2 unspecified atom stereocenters. The zero-order valence-electron chi connectivity index (χ0n) is 11.4. The summed E-state index contributed by atoms with van der Waals surface area (Å²) in [5.41, 5.74) is 10.0. The van der Waals surface area contributed by atoms with Gasteiger partial charge in [-0.25, -0.2) is 0 Å². The molecule has 0 aliphatic heterocycles. The quantitative estimate of drug-likeness (QED) is 0.546. The molecule has 3 nitrogen and oxygen atoms in total. The second-order valence-electron chi connectivity index (χ2n) is 5.79. The molecule has 0 saturated heterocycles. The molecule has 1 saturated carbocycles. The van der Waals surface area contributed by atoms with Gasteiger partial charge in [0.25, 0.3) is 0 Å². The van der Waals surface area contributed by atoms with Gasteiger partial charge in [-0.15, -0.1) is 0 Å². The van der Waals surface area contributed by atoms with Crippen molar-refractivity contribution >= 4 is 31.5 Å². The molecule has 0 spiro atoms. The van der Waals surface area contributed by atoms with E-state index in [4.69, 9.17) is 10.5 Å². The number of hydrogen-bond donors (Lipinski definition) is 1. The van der Waals surface area contributed by atoms with Crippen LogP contribution in [0.15, 0.2) is 30.5 Å². The number of hydrogen-bond acceptors (Lipinski definition) is 3. The van der Waals surface area contributed by atoms with Gasteiger partial charge < -0.3 is 0 Å². The molecule has 2 aromatic rings. The third-order valence-corrected chi connectivity index (χ3v) is 5.25. The predicted molar refractivity (Wildman–Crippen MR) is 78.9 cm³/mol. The monoisotopic (exact) mass is 477 g/mol. The Kier molecular flexibility index (Phi) is 2.99. The molecular weight excluding hydrogens is 462 g/mol. The standard InChI is InChI=1S/C16H14FN2O.Pb/c1-20-15-14(6-11(17)8-19-15)16-7-10(16)4-9-5-12(18)2-3-13(9)16;/h2-3,5-6,8,10H,1,4,7,18H2;. The van der Waals surface area contributed by atoms with Crippen LogP contribution in [0.3, 0.4) is 0 Å². The van der Waals surface area contributed by atoms with Crippen LogP contribution in [0.5, 0.6) is 5.88 Å². The zero-order chi connectivity index (χ0) is 14.6. The number of aromatic nitrogens is 1. The van der Waals surface area contributed by atoms with Gasteiger partial charge in [-0.05, 0) is 0 Å². The van der Waals surface area contributed by atoms with Crippen LogP contribution in [0.1, 0.15) is 23.1 Å². The number of nitrogens with zero attached hydrogens (tertiary/aromatic N) is 1. The van der Waals surface area contributed by atoms with Crippen molar-refractivity contribution in [2.24, 2.45) is 5.92 Å². The van der Waals surface area contributed by atoms with Crippen LogP contribution >= 0.6 is 0 Å². The van der Waals surface area contributed by atoms with Gasteiger partial charge >= 0.3 is 138 Å². The van der Waals surface area contributed by atoms with Crippen molar-refractivity contribution < 1.29 is 9.13 Å². The number of halogens is 1. The maximum absolute atomic E-state index is 13.7. The summed E-state index contributed by atoms with van der Waals surface area (Å²) in [5, 5.41) is 0. The summed E-state index contributed by atoms with van der Waals surface area (Å²) in [7, 11) is 0. The molecule has 0 amide bonds. The molecule has 2 atom stereocenters. The second-order valence-corrected chi connectivity index (χ2v) is 6.91. The van der Waals surface area contributed by atoms with Crippen LogP contribution in [-0.4, -0.2) is 34.9 Å². The van der Waals surface area contributed by atoms with Crippen molar-refractivity contribution in [3.63, 3.8) is 0 Å². The Morgan fingerprint density at radius 2 is 2.24 bits per heavy atom. The van der Waals surface area contributed by atoms with Crippen molar-refractivity contribution in [3.05, 3.63) is 53.0 Å². The Hall–Kier alpha value is -1.18. The molecule has 2 aliphatic rings. The summed E-state index contributed by atoms with van der Waals surface area (Å²) in [5.74, 6) is 0.822. The molecule has 1 aromatic heterocycles. The molecule has 2 aliphatic carbocycles. The second kappa shape index (κ2) is 4.66. The van der Waals surface area contributed by atoms with Gasteiger partial charge in [0.15, 0.2) is 0 Å². The van der Waals surface area contributed by atoms with Crippen LogP contribution in [0.4, 0.5) is 10.1 Å². The molecule has 1 heterocycles. The minimum absolute atomic E-state index is 0.107. The number of benzene rings is 1. The van der Waals surface area contributed by atoms with E-state index in [0.29, 0.717) is 16.0 Å². The van der Waals surface area contributed by atoms with E-state index >= 15 is 0 Å². The third-order valence-electron chi connectivity index (χ3n) is 4.69. The Morgan fingerprint density at radius 3 is 3.05 bits per heavy atom. The van der Waals surface area contributed by atoms with Crippen molar-refractivity contribution in [1.29, 1.82) is 0 Å². The molecule has 3 radical (unpaired) electrons. The zero-order valence-corrected chi connectivity index (χ0v) is 15.3. The number of nitrogens with two attached hydrogens (primary N) is 1. The van der Waals surface area contributed by atoms with E-state index < -0.39 is 0 Å². The van der Waals surface area contributed by atoms with E-state index in [0.717, 1.165) is 49.9 Å². The molecule has 4 rings (SSSR count). The van der Waals surface area contributed by atoms with Gasteiger partial charge in [-0.1, -0.05) is 0 Å². The van der Waals surface area contributed by atoms with Gasteiger partial charge in [0.1, 0.15) is 0 Å². The summed E-state index contributed by atoms with van der Waals surface area (Å²) in [6.07, 6.45) is 3.30. The normalized spacial score (nSPS) is 25.3. The molecule has 2 N–H and O–H groups in total. The van der Waals surface area contributed by atoms with E-state index in [-0.39, 0.29) is 11.2 Å². The van der Waals surface area contributed by atoms with Crippen molar-refractivity contribution in [1.82, 2.24) is 4.98 Å². The fraction of sp³-hybridized carbons (Fsp3) is 0.312. The topological polar surface area (TPSA) is 48.1 Å². The average molecular weight is 476 g/mol. The van der Waals surface area contributed by atoms with E-state index in [1.807, 2.05) is 12.1 Å². The number of pyridine rings is 1. The fourth-order valence-electron chi connectivity index (χ4n) is 3.79. The Balaban J connectivity index is 1.88. The van der Waals surface area contributed by atoms with Crippen molar-refractivity contribution in [2.75, 3.05) is 9.90 Å². The number of fused-ring (bicyclic) bond motifs is 3. The van der Waals surface area contributed by atoms with E-state index in [9.17, 15) is 4.39 Å². The average Bonchev–Trinajstić information content (AvgIpc) is 3.08. The molecule has 105 valence electrons. The molecular formula is C16H14FN2OPb. The maximum atomic E-state index is 13.7. The summed E-state index contributed by atoms with van der Waals surface area (Å²) < 4.78 is 20.1. The number of rotatable bonds is 3. The van der Waals surface area contributed by atoms with Crippen molar-refractivity contribution in [2.45, 2.75) is 18.3 Å². The van der Waals surface area contributed by atoms with E-state index in [2.05, 4.69) is 11.1 Å². The Labute approximate surface area is 138 Å². The molecule has 0 bridgehead atoms. The number of nitrogen functional groups attached to an aromatic ring is 1. The minimum atomic E-state index is -0.297. The summed E-state index contributed by atoms with van der Waals surface area (Å²) in [4.78, 5) is 4.18. The first-order valence-electron chi connectivity index (χ1n) is 6.97.